The molecule has 0 unspecified atom stereocenters. The molecule has 0 saturated carbocycles. The van der Waals surface area contributed by atoms with E-state index in [0.717, 1.165) is 11.4 Å². The minimum Gasteiger partial charge on any atom is -0.462 e. The number of esters is 1. The van der Waals surface area contributed by atoms with E-state index in [0.29, 0.717) is 22.5 Å². The van der Waals surface area contributed by atoms with E-state index in [-0.39, 0.29) is 12.2 Å². The molecule has 0 aliphatic rings. The Bertz CT molecular complexity index is 1170. The number of carbonyl (C=O) groups is 2. The second kappa shape index (κ2) is 9.55. The summed E-state index contributed by atoms with van der Waals surface area (Å²) in [4.78, 5) is 24.4. The molecule has 0 aliphatic carbocycles. The van der Waals surface area contributed by atoms with Crippen LogP contribution >= 0.6 is 0 Å². The smallest absolute Gasteiger partial charge is 0.338 e. The predicted molar refractivity (Wildman–Crippen MR) is 118 cm³/mol. The first-order valence-corrected chi connectivity index (χ1v) is 9.76. The molecule has 7 nitrogen and oxygen atoms in total. The van der Waals surface area contributed by atoms with Crippen molar-refractivity contribution in [2.45, 2.75) is 20.8 Å². The molecule has 1 amide bonds. The van der Waals surface area contributed by atoms with E-state index < -0.39 is 11.9 Å². The van der Waals surface area contributed by atoms with Crippen LogP contribution < -0.4 is 5.32 Å². The van der Waals surface area contributed by atoms with Crippen molar-refractivity contribution in [1.29, 1.82) is 5.26 Å². The Hall–Kier alpha value is -4.18. The van der Waals surface area contributed by atoms with Gasteiger partial charge in [0.1, 0.15) is 11.6 Å². The predicted octanol–water partition coefficient (Wildman–Crippen LogP) is 4.21. The minimum absolute atomic E-state index is 0.0479. The average Bonchev–Trinajstić information content (AvgIpc) is 3.06. The van der Waals surface area contributed by atoms with E-state index in [1.807, 2.05) is 50.2 Å². The van der Waals surface area contributed by atoms with E-state index in [1.165, 1.54) is 0 Å². The van der Waals surface area contributed by atoms with Crippen molar-refractivity contribution < 1.29 is 14.3 Å². The molecular formula is C24H22N4O3. The molecule has 0 atom stereocenters. The number of benzene rings is 2. The molecule has 7 heteroatoms. The van der Waals surface area contributed by atoms with Gasteiger partial charge in [-0.25, -0.2) is 9.48 Å². The van der Waals surface area contributed by atoms with Gasteiger partial charge in [-0.15, -0.1) is 0 Å². The Kier molecular flexibility index (Phi) is 6.63. The van der Waals surface area contributed by atoms with E-state index >= 15 is 0 Å². The number of amides is 1. The normalized spacial score (nSPS) is 11.0. The third-order valence-electron chi connectivity index (χ3n) is 4.66. The molecule has 0 radical (unpaired) electrons. The SMILES string of the molecule is CCOC(=O)c1ccc(NC(=O)/C(C#N)=C/c2c(C)nn(-c3ccccc3)c2C)cc1. The fraction of sp³-hybridized carbons (Fsp3) is 0.167. The number of ether oxygens (including phenoxy) is 1. The van der Waals surface area contributed by atoms with Gasteiger partial charge in [0.15, 0.2) is 0 Å². The molecule has 31 heavy (non-hydrogen) atoms. The van der Waals surface area contributed by atoms with Crippen molar-refractivity contribution in [3.8, 4) is 11.8 Å². The third-order valence-corrected chi connectivity index (χ3v) is 4.66. The summed E-state index contributed by atoms with van der Waals surface area (Å²) in [7, 11) is 0. The lowest BCUT2D eigenvalue weighted by atomic mass is 10.1. The van der Waals surface area contributed by atoms with Gasteiger partial charge in [-0.3, -0.25) is 4.79 Å². The number of hydrogen-bond acceptors (Lipinski definition) is 5. The average molecular weight is 414 g/mol. The van der Waals surface area contributed by atoms with E-state index in [1.54, 1.807) is 41.9 Å². The van der Waals surface area contributed by atoms with Crippen LogP contribution in [0.5, 0.6) is 0 Å². The second-order valence-electron chi connectivity index (χ2n) is 6.75. The molecule has 3 rings (SSSR count). The van der Waals surface area contributed by atoms with E-state index in [2.05, 4.69) is 10.4 Å². The van der Waals surface area contributed by atoms with Crippen LogP contribution in [0.1, 0.15) is 34.2 Å². The van der Waals surface area contributed by atoms with Gasteiger partial charge in [0.2, 0.25) is 0 Å². The molecule has 0 fully saturated rings. The summed E-state index contributed by atoms with van der Waals surface area (Å²) in [6.07, 6.45) is 1.54. The third kappa shape index (κ3) is 4.87. The maximum atomic E-state index is 12.6. The number of aromatic nitrogens is 2. The zero-order chi connectivity index (χ0) is 22.4. The summed E-state index contributed by atoms with van der Waals surface area (Å²) in [5.74, 6) is -0.975. The number of hydrogen-bond donors (Lipinski definition) is 1. The van der Waals surface area contributed by atoms with Gasteiger partial charge in [0, 0.05) is 16.9 Å². The highest BCUT2D eigenvalue weighted by Crippen LogP contribution is 2.21. The van der Waals surface area contributed by atoms with Crippen molar-refractivity contribution in [1.82, 2.24) is 9.78 Å². The van der Waals surface area contributed by atoms with Crippen LogP contribution in [0.3, 0.4) is 0 Å². The van der Waals surface area contributed by atoms with Crippen LogP contribution in [0.15, 0.2) is 60.2 Å². The molecular weight excluding hydrogens is 392 g/mol. The van der Waals surface area contributed by atoms with Crippen molar-refractivity contribution >= 4 is 23.6 Å². The van der Waals surface area contributed by atoms with E-state index in [9.17, 15) is 14.9 Å². The quantitative estimate of drug-likeness (QED) is 0.370. The summed E-state index contributed by atoms with van der Waals surface area (Å²) in [5.41, 5.74) is 3.95. The molecule has 0 aliphatic heterocycles. The maximum Gasteiger partial charge on any atom is 0.338 e. The maximum absolute atomic E-state index is 12.6. The van der Waals surface area contributed by atoms with Crippen LogP contribution in [0.25, 0.3) is 11.8 Å². The Morgan fingerprint density at radius 1 is 1.13 bits per heavy atom. The molecule has 1 heterocycles. The lowest BCUT2D eigenvalue weighted by molar-refractivity contribution is -0.112. The van der Waals surface area contributed by atoms with Gasteiger partial charge < -0.3 is 10.1 Å². The summed E-state index contributed by atoms with van der Waals surface area (Å²) in [5, 5.41) is 16.8. The summed E-state index contributed by atoms with van der Waals surface area (Å²) in [6.45, 7) is 5.74. The Balaban J connectivity index is 1.82. The minimum atomic E-state index is -0.544. The Morgan fingerprint density at radius 2 is 1.81 bits per heavy atom. The number of aryl methyl sites for hydroxylation is 1. The lowest BCUT2D eigenvalue weighted by Crippen LogP contribution is -2.14. The van der Waals surface area contributed by atoms with Crippen molar-refractivity contribution in [3.05, 3.63) is 82.7 Å². The molecule has 1 N–H and O–H groups in total. The van der Waals surface area contributed by atoms with Gasteiger partial charge in [-0.05, 0) is 63.2 Å². The number of rotatable bonds is 6. The molecule has 3 aromatic rings. The summed E-state index contributed by atoms with van der Waals surface area (Å²) in [6, 6.07) is 17.9. The Morgan fingerprint density at radius 3 is 2.42 bits per heavy atom. The first kappa shape index (κ1) is 21.5. The number of anilines is 1. The molecule has 0 bridgehead atoms. The molecule has 0 saturated heterocycles. The first-order chi connectivity index (χ1) is 14.9. The van der Waals surface area contributed by atoms with Gasteiger partial charge in [0.05, 0.1) is 23.6 Å². The van der Waals surface area contributed by atoms with Gasteiger partial charge in [-0.1, -0.05) is 18.2 Å². The summed E-state index contributed by atoms with van der Waals surface area (Å²) >= 11 is 0. The number of para-hydroxylation sites is 1. The highest BCUT2D eigenvalue weighted by atomic mass is 16.5. The van der Waals surface area contributed by atoms with Gasteiger partial charge in [0.25, 0.3) is 5.91 Å². The van der Waals surface area contributed by atoms with Gasteiger partial charge in [-0.2, -0.15) is 10.4 Å². The largest absolute Gasteiger partial charge is 0.462 e. The fourth-order valence-corrected chi connectivity index (χ4v) is 3.08. The highest BCUT2D eigenvalue weighted by Gasteiger charge is 2.16. The van der Waals surface area contributed by atoms with Crippen LogP contribution in [-0.2, 0) is 9.53 Å². The van der Waals surface area contributed by atoms with Crippen LogP contribution in [-0.4, -0.2) is 28.3 Å². The van der Waals surface area contributed by atoms with Crippen molar-refractivity contribution in [2.75, 3.05) is 11.9 Å². The highest BCUT2D eigenvalue weighted by molar-refractivity contribution is 6.10. The standard InChI is InChI=1S/C24H22N4O3/c1-4-31-24(30)18-10-12-20(13-11-18)26-23(29)19(15-25)14-22-16(2)27-28(17(22)3)21-8-6-5-7-9-21/h5-14H,4H2,1-3H3,(H,26,29)/b19-14+. The summed E-state index contributed by atoms with van der Waals surface area (Å²) < 4.78 is 6.72. The zero-order valence-corrected chi connectivity index (χ0v) is 17.5. The first-order valence-electron chi connectivity index (χ1n) is 9.76. The Labute approximate surface area is 180 Å². The topological polar surface area (TPSA) is 97.0 Å². The van der Waals surface area contributed by atoms with Crippen molar-refractivity contribution in [2.24, 2.45) is 0 Å². The number of nitrogens with zero attached hydrogens (tertiary/aromatic N) is 3. The monoisotopic (exact) mass is 414 g/mol. The lowest BCUT2D eigenvalue weighted by Gasteiger charge is -2.06. The van der Waals surface area contributed by atoms with Crippen LogP contribution in [0, 0.1) is 25.2 Å². The molecule has 2 aromatic carbocycles. The zero-order valence-electron chi connectivity index (χ0n) is 17.5. The molecule has 156 valence electrons. The number of nitrogens with one attached hydrogen (secondary N) is 1. The van der Waals surface area contributed by atoms with E-state index in [4.69, 9.17) is 4.74 Å². The van der Waals surface area contributed by atoms with Crippen LogP contribution in [0.4, 0.5) is 5.69 Å². The van der Waals surface area contributed by atoms with Crippen LogP contribution in [0.2, 0.25) is 0 Å². The van der Waals surface area contributed by atoms with Crippen molar-refractivity contribution in [3.63, 3.8) is 0 Å². The number of carbonyl (C=O) groups excluding carboxylic acids is 2. The second-order valence-corrected chi connectivity index (χ2v) is 6.75. The van der Waals surface area contributed by atoms with Gasteiger partial charge >= 0.3 is 5.97 Å². The fourth-order valence-electron chi connectivity index (χ4n) is 3.08. The number of nitriles is 1. The molecule has 1 aromatic heterocycles. The molecule has 0 spiro atoms.